The number of rotatable bonds is 8. The first-order chi connectivity index (χ1) is 14.5. The summed E-state index contributed by atoms with van der Waals surface area (Å²) in [6, 6.07) is 4.33. The second-order valence-corrected chi connectivity index (χ2v) is 7.61. The van der Waals surface area contributed by atoms with Crippen LogP contribution in [-0.2, 0) is 14.8 Å². The Morgan fingerprint density at radius 2 is 1.71 bits per heavy atom. The van der Waals surface area contributed by atoms with E-state index in [0.29, 0.717) is 0 Å². The first-order valence-electron chi connectivity index (χ1n) is 8.33. The smallest absolute Gasteiger partial charge is 0.387 e. The van der Waals surface area contributed by atoms with Crippen molar-refractivity contribution in [2.24, 2.45) is 0 Å². The summed E-state index contributed by atoms with van der Waals surface area (Å²) in [4.78, 5) is 24.3. The predicted molar refractivity (Wildman–Crippen MR) is 102 cm³/mol. The van der Waals surface area contributed by atoms with Crippen LogP contribution in [0.25, 0.3) is 0 Å². The number of carbonyl (C=O) groups is 2. The maximum Gasteiger partial charge on any atom is 0.387 e. The van der Waals surface area contributed by atoms with Crippen LogP contribution in [0.5, 0.6) is 11.5 Å². The third kappa shape index (κ3) is 5.44. The molecule has 2 N–H and O–H groups in total. The molecule has 13 heteroatoms. The molecule has 0 radical (unpaired) electrons. The average molecular weight is 462 g/mol. The second-order valence-electron chi connectivity index (χ2n) is 5.72. The Balaban J connectivity index is 2.55. The Morgan fingerprint density at radius 3 is 2.26 bits per heavy atom. The SMILES string of the molecule is CNS(=O)(=O)c1ccc(F)c(C(=O)Nc2cc(OC(F)F)c(OC)cc2C(=O)OC)c1. The Hall–Kier alpha value is -3.32. The van der Waals surface area contributed by atoms with Crippen LogP contribution in [0.2, 0.25) is 0 Å². The van der Waals surface area contributed by atoms with Gasteiger partial charge in [-0.15, -0.1) is 0 Å². The van der Waals surface area contributed by atoms with E-state index in [4.69, 9.17) is 4.74 Å². The van der Waals surface area contributed by atoms with Gasteiger partial charge in [0.1, 0.15) is 5.82 Å². The molecule has 0 saturated carbocycles. The molecule has 2 rings (SSSR count). The van der Waals surface area contributed by atoms with Crippen LogP contribution >= 0.6 is 0 Å². The Morgan fingerprint density at radius 1 is 1.03 bits per heavy atom. The Bertz CT molecular complexity index is 1110. The highest BCUT2D eigenvalue weighted by molar-refractivity contribution is 7.89. The Labute approximate surface area is 175 Å². The topological polar surface area (TPSA) is 120 Å². The van der Waals surface area contributed by atoms with Gasteiger partial charge in [-0.1, -0.05) is 0 Å². The number of esters is 1. The van der Waals surface area contributed by atoms with Gasteiger partial charge < -0.3 is 19.5 Å². The van der Waals surface area contributed by atoms with Gasteiger partial charge >= 0.3 is 12.6 Å². The number of carbonyl (C=O) groups excluding carboxylic acids is 2. The zero-order valence-corrected chi connectivity index (χ0v) is 17.2. The fourth-order valence-electron chi connectivity index (χ4n) is 2.44. The van der Waals surface area contributed by atoms with Gasteiger partial charge in [-0.3, -0.25) is 4.79 Å². The minimum absolute atomic E-state index is 0.257. The molecule has 31 heavy (non-hydrogen) atoms. The van der Waals surface area contributed by atoms with Crippen molar-refractivity contribution in [2.45, 2.75) is 11.5 Å². The van der Waals surface area contributed by atoms with Crippen molar-refractivity contribution in [3.63, 3.8) is 0 Å². The van der Waals surface area contributed by atoms with Crippen molar-refractivity contribution < 1.29 is 45.4 Å². The van der Waals surface area contributed by atoms with Gasteiger partial charge in [-0.2, -0.15) is 8.78 Å². The number of halogens is 3. The van der Waals surface area contributed by atoms with Crippen molar-refractivity contribution >= 4 is 27.6 Å². The van der Waals surface area contributed by atoms with Crippen LogP contribution in [0.15, 0.2) is 35.2 Å². The van der Waals surface area contributed by atoms with E-state index in [1.165, 1.54) is 0 Å². The molecule has 0 bridgehead atoms. The van der Waals surface area contributed by atoms with E-state index in [2.05, 4.69) is 14.8 Å². The number of benzene rings is 2. The number of nitrogens with one attached hydrogen (secondary N) is 2. The fourth-order valence-corrected chi connectivity index (χ4v) is 3.20. The zero-order chi connectivity index (χ0) is 23.3. The standard InChI is InChI=1S/C18H17F3N2O7S/c1-22-31(26,27)9-4-5-12(19)10(6-9)16(24)23-13-8-15(30-18(20)21)14(28-2)7-11(13)17(25)29-3/h4-8,18,22H,1-3H3,(H,23,24). The lowest BCUT2D eigenvalue weighted by atomic mass is 10.1. The molecule has 0 spiro atoms. The van der Waals surface area contributed by atoms with Gasteiger partial charge in [0, 0.05) is 12.1 Å². The van der Waals surface area contributed by atoms with Crippen molar-refractivity contribution in [1.82, 2.24) is 4.72 Å². The molecule has 0 heterocycles. The van der Waals surface area contributed by atoms with E-state index >= 15 is 0 Å². The summed E-state index contributed by atoms with van der Waals surface area (Å²) < 4.78 is 79.2. The summed E-state index contributed by atoms with van der Waals surface area (Å²) >= 11 is 0. The van der Waals surface area contributed by atoms with Crippen LogP contribution in [0.4, 0.5) is 18.9 Å². The fraction of sp³-hybridized carbons (Fsp3) is 0.222. The number of alkyl halides is 2. The highest BCUT2D eigenvalue weighted by Gasteiger charge is 2.23. The van der Waals surface area contributed by atoms with Gasteiger partial charge in [-0.05, 0) is 25.2 Å². The van der Waals surface area contributed by atoms with Gasteiger partial charge in [-0.25, -0.2) is 22.3 Å². The van der Waals surface area contributed by atoms with E-state index in [-0.39, 0.29) is 17.0 Å². The molecular formula is C18H17F3N2O7S. The molecule has 0 aliphatic heterocycles. The number of methoxy groups -OCH3 is 2. The van der Waals surface area contributed by atoms with Crippen LogP contribution in [0.3, 0.4) is 0 Å². The summed E-state index contributed by atoms with van der Waals surface area (Å²) in [6.45, 7) is -3.25. The highest BCUT2D eigenvalue weighted by atomic mass is 32.2. The zero-order valence-electron chi connectivity index (χ0n) is 16.4. The summed E-state index contributed by atoms with van der Waals surface area (Å²) in [7, 11) is -0.689. The molecule has 0 aromatic heterocycles. The second kappa shape index (κ2) is 9.66. The predicted octanol–water partition coefficient (Wildman–Crippen LogP) is 2.38. The molecule has 168 valence electrons. The van der Waals surface area contributed by atoms with Crippen LogP contribution in [0, 0.1) is 5.82 Å². The molecule has 0 saturated heterocycles. The van der Waals surface area contributed by atoms with Gasteiger partial charge in [0.2, 0.25) is 10.0 Å². The van der Waals surface area contributed by atoms with Crippen molar-refractivity contribution in [3.05, 3.63) is 47.3 Å². The Kier molecular flexibility index (Phi) is 7.46. The van der Waals surface area contributed by atoms with E-state index < -0.39 is 50.5 Å². The first kappa shape index (κ1) is 24.0. The number of sulfonamides is 1. The quantitative estimate of drug-likeness (QED) is 0.578. The maximum absolute atomic E-state index is 14.2. The van der Waals surface area contributed by atoms with Gasteiger partial charge in [0.15, 0.2) is 11.5 Å². The maximum atomic E-state index is 14.2. The summed E-state index contributed by atoms with van der Waals surface area (Å²) in [5, 5.41) is 2.17. The number of hydrogen-bond acceptors (Lipinski definition) is 7. The molecule has 2 aromatic carbocycles. The van der Waals surface area contributed by atoms with Crippen molar-refractivity contribution in [2.75, 3.05) is 26.6 Å². The van der Waals surface area contributed by atoms with Crippen LogP contribution in [0.1, 0.15) is 20.7 Å². The third-order valence-corrected chi connectivity index (χ3v) is 5.35. The average Bonchev–Trinajstić information content (AvgIpc) is 2.73. The lowest BCUT2D eigenvalue weighted by Gasteiger charge is -2.16. The van der Waals surface area contributed by atoms with Gasteiger partial charge in [0.05, 0.1) is 35.9 Å². The first-order valence-corrected chi connectivity index (χ1v) is 9.82. The van der Waals surface area contributed by atoms with Gasteiger partial charge in [0.25, 0.3) is 5.91 Å². The van der Waals surface area contributed by atoms with E-state index in [0.717, 1.165) is 51.6 Å². The number of anilines is 1. The molecule has 0 fully saturated rings. The lowest BCUT2D eigenvalue weighted by Crippen LogP contribution is -2.21. The minimum atomic E-state index is -3.99. The number of hydrogen-bond donors (Lipinski definition) is 2. The molecule has 0 atom stereocenters. The molecule has 0 unspecified atom stereocenters. The molecule has 0 aliphatic rings. The molecule has 2 aromatic rings. The number of amides is 1. The van der Waals surface area contributed by atoms with E-state index in [1.807, 2.05) is 4.72 Å². The van der Waals surface area contributed by atoms with E-state index in [9.17, 15) is 31.2 Å². The summed E-state index contributed by atoms with van der Waals surface area (Å²) in [5.41, 5.74) is -1.36. The monoisotopic (exact) mass is 462 g/mol. The molecule has 1 amide bonds. The summed E-state index contributed by atoms with van der Waals surface area (Å²) in [5.74, 6) is -3.97. The molecule has 0 aliphatic carbocycles. The molecular weight excluding hydrogens is 445 g/mol. The van der Waals surface area contributed by atoms with Crippen LogP contribution in [-0.4, -0.2) is 48.2 Å². The summed E-state index contributed by atoms with van der Waals surface area (Å²) in [6.07, 6.45) is 0. The largest absolute Gasteiger partial charge is 0.493 e. The molecule has 9 nitrogen and oxygen atoms in total. The highest BCUT2D eigenvalue weighted by Crippen LogP contribution is 2.35. The van der Waals surface area contributed by atoms with Crippen molar-refractivity contribution in [3.8, 4) is 11.5 Å². The minimum Gasteiger partial charge on any atom is -0.493 e. The van der Waals surface area contributed by atoms with Crippen LogP contribution < -0.4 is 19.5 Å². The third-order valence-electron chi connectivity index (χ3n) is 3.93. The van der Waals surface area contributed by atoms with E-state index in [1.54, 1.807) is 0 Å². The normalized spacial score (nSPS) is 11.2. The lowest BCUT2D eigenvalue weighted by molar-refractivity contribution is -0.0511. The van der Waals surface area contributed by atoms with Crippen molar-refractivity contribution in [1.29, 1.82) is 0 Å². The number of ether oxygens (including phenoxy) is 3.